The van der Waals surface area contributed by atoms with Crippen LogP contribution in [0.1, 0.15) is 0 Å². The number of benzene rings is 2. The fraction of sp³-hybridized carbons (Fsp3) is 0.188. The Morgan fingerprint density at radius 3 is 2.83 bits per heavy atom. The number of fused-ring (bicyclic) bond motifs is 3. The summed E-state index contributed by atoms with van der Waals surface area (Å²) in [5, 5.41) is 0.605. The molecule has 0 unspecified atom stereocenters. The van der Waals surface area contributed by atoms with Gasteiger partial charge in [0.25, 0.3) is 0 Å². The van der Waals surface area contributed by atoms with Crippen molar-refractivity contribution in [3.05, 3.63) is 45.9 Å². The summed E-state index contributed by atoms with van der Waals surface area (Å²) in [4.78, 5) is 6.48. The van der Waals surface area contributed by atoms with Gasteiger partial charge in [0.2, 0.25) is 5.95 Å². The van der Waals surface area contributed by atoms with Gasteiger partial charge in [0, 0.05) is 22.6 Å². The molecule has 0 fully saturated rings. The highest BCUT2D eigenvalue weighted by atomic mass is 79.9. The third-order valence-corrected chi connectivity index (χ3v) is 4.79. The number of rotatable bonds is 3. The van der Waals surface area contributed by atoms with E-state index >= 15 is 0 Å². The average Bonchev–Trinajstić information content (AvgIpc) is 3.05. The lowest BCUT2D eigenvalue weighted by atomic mass is 10.2. The van der Waals surface area contributed by atoms with Crippen molar-refractivity contribution < 1.29 is 13.5 Å². The molecule has 0 atom stereocenters. The van der Waals surface area contributed by atoms with E-state index in [0.29, 0.717) is 34.2 Å². The first-order chi connectivity index (χ1) is 11.5. The Morgan fingerprint density at radius 1 is 1.21 bits per heavy atom. The minimum Gasteiger partial charge on any atom is -0.433 e. The molecule has 0 N–H and O–H groups in total. The SMILES string of the molecule is FC(F)Oc1cccc(Br)c1N1CCn2c1nc1cc(Cl)ccc12. The van der Waals surface area contributed by atoms with E-state index in [9.17, 15) is 8.78 Å². The lowest BCUT2D eigenvalue weighted by molar-refractivity contribution is -0.0495. The van der Waals surface area contributed by atoms with Crippen molar-refractivity contribution in [2.24, 2.45) is 0 Å². The van der Waals surface area contributed by atoms with Crippen molar-refractivity contribution in [3.8, 4) is 5.75 Å². The number of nitrogens with zero attached hydrogens (tertiary/aromatic N) is 3. The van der Waals surface area contributed by atoms with Crippen LogP contribution in [0.15, 0.2) is 40.9 Å². The lowest BCUT2D eigenvalue weighted by Crippen LogP contribution is -2.17. The molecule has 0 saturated carbocycles. The Hall–Kier alpha value is -1.86. The summed E-state index contributed by atoms with van der Waals surface area (Å²) in [5.41, 5.74) is 2.27. The zero-order valence-electron chi connectivity index (χ0n) is 12.2. The van der Waals surface area contributed by atoms with Crippen LogP contribution in [0.4, 0.5) is 20.4 Å². The standard InChI is InChI=1S/C16H11BrClF2N3O/c17-10-2-1-3-13(24-15(19)20)14(10)23-7-6-22-12-5-4-9(18)8-11(12)21-16(22)23/h1-5,8,15H,6-7H2. The molecule has 24 heavy (non-hydrogen) atoms. The molecule has 3 aromatic rings. The molecule has 2 aromatic carbocycles. The van der Waals surface area contributed by atoms with Gasteiger partial charge in [-0.1, -0.05) is 17.7 Å². The van der Waals surface area contributed by atoms with Crippen LogP contribution < -0.4 is 9.64 Å². The molecule has 4 nitrogen and oxygen atoms in total. The van der Waals surface area contributed by atoms with Gasteiger partial charge in [-0.2, -0.15) is 8.78 Å². The normalized spacial score (nSPS) is 13.8. The maximum absolute atomic E-state index is 12.7. The molecule has 124 valence electrons. The predicted molar refractivity (Wildman–Crippen MR) is 92.5 cm³/mol. The third-order valence-electron chi connectivity index (χ3n) is 3.91. The molecular weight excluding hydrogens is 404 g/mol. The molecule has 0 saturated heterocycles. The van der Waals surface area contributed by atoms with Crippen LogP contribution in [0.3, 0.4) is 0 Å². The predicted octanol–water partition coefficient (Wildman–Crippen LogP) is 5.21. The number of hydrogen-bond donors (Lipinski definition) is 0. The van der Waals surface area contributed by atoms with E-state index in [-0.39, 0.29) is 5.75 Å². The second-order valence-electron chi connectivity index (χ2n) is 5.31. The molecule has 0 radical (unpaired) electrons. The average molecular weight is 415 g/mol. The van der Waals surface area contributed by atoms with E-state index in [4.69, 9.17) is 11.6 Å². The summed E-state index contributed by atoms with van der Waals surface area (Å²) in [6.07, 6.45) is 0. The highest BCUT2D eigenvalue weighted by molar-refractivity contribution is 9.10. The van der Waals surface area contributed by atoms with Crippen LogP contribution in [0, 0.1) is 0 Å². The van der Waals surface area contributed by atoms with Crippen molar-refractivity contribution in [2.45, 2.75) is 13.2 Å². The van der Waals surface area contributed by atoms with Gasteiger partial charge in [-0.15, -0.1) is 0 Å². The number of alkyl halides is 2. The van der Waals surface area contributed by atoms with Crippen LogP contribution in [-0.4, -0.2) is 22.7 Å². The summed E-state index contributed by atoms with van der Waals surface area (Å²) in [5.74, 6) is 0.788. The summed E-state index contributed by atoms with van der Waals surface area (Å²) in [6, 6.07) is 10.5. The van der Waals surface area contributed by atoms with E-state index in [1.54, 1.807) is 18.2 Å². The van der Waals surface area contributed by atoms with Gasteiger partial charge < -0.3 is 14.2 Å². The molecule has 0 aliphatic carbocycles. The zero-order chi connectivity index (χ0) is 16.8. The van der Waals surface area contributed by atoms with Gasteiger partial charge in [0.1, 0.15) is 5.69 Å². The van der Waals surface area contributed by atoms with Crippen molar-refractivity contribution >= 4 is 50.2 Å². The van der Waals surface area contributed by atoms with Crippen LogP contribution in [0.5, 0.6) is 5.75 Å². The Kier molecular flexibility index (Phi) is 3.85. The number of aromatic nitrogens is 2. The smallest absolute Gasteiger partial charge is 0.387 e. The number of hydrogen-bond acceptors (Lipinski definition) is 3. The quantitative estimate of drug-likeness (QED) is 0.590. The highest BCUT2D eigenvalue weighted by Gasteiger charge is 2.29. The Balaban J connectivity index is 1.85. The van der Waals surface area contributed by atoms with E-state index in [1.165, 1.54) is 6.07 Å². The molecule has 4 rings (SSSR count). The molecule has 0 bridgehead atoms. The Morgan fingerprint density at radius 2 is 2.04 bits per heavy atom. The molecule has 2 heterocycles. The van der Waals surface area contributed by atoms with Gasteiger partial charge in [-0.3, -0.25) is 0 Å². The number of halogens is 4. The first kappa shape index (κ1) is 15.7. The summed E-state index contributed by atoms with van der Waals surface area (Å²) in [7, 11) is 0. The van der Waals surface area contributed by atoms with Gasteiger partial charge >= 0.3 is 6.61 Å². The van der Waals surface area contributed by atoms with E-state index < -0.39 is 6.61 Å². The fourth-order valence-electron chi connectivity index (χ4n) is 2.98. The van der Waals surface area contributed by atoms with Crippen LogP contribution in [0.2, 0.25) is 5.02 Å². The maximum atomic E-state index is 12.7. The second-order valence-corrected chi connectivity index (χ2v) is 6.60. The van der Waals surface area contributed by atoms with Crippen molar-refractivity contribution in [3.63, 3.8) is 0 Å². The molecule has 1 aromatic heterocycles. The first-order valence-electron chi connectivity index (χ1n) is 7.21. The fourth-order valence-corrected chi connectivity index (χ4v) is 3.71. The van der Waals surface area contributed by atoms with Crippen molar-refractivity contribution in [2.75, 3.05) is 11.4 Å². The number of imidazole rings is 1. The Bertz CT molecular complexity index is 931. The molecule has 0 amide bonds. The molecule has 0 spiro atoms. The summed E-state index contributed by atoms with van der Waals surface area (Å²) in [6.45, 7) is -1.58. The van der Waals surface area contributed by atoms with E-state index in [0.717, 1.165) is 11.0 Å². The Labute approximate surface area is 149 Å². The van der Waals surface area contributed by atoms with Gasteiger partial charge in [0.15, 0.2) is 5.75 Å². The number of anilines is 2. The lowest BCUT2D eigenvalue weighted by Gasteiger charge is -2.21. The number of ether oxygens (including phenoxy) is 1. The van der Waals surface area contributed by atoms with E-state index in [2.05, 4.69) is 25.7 Å². The molecule has 1 aliphatic heterocycles. The van der Waals surface area contributed by atoms with Crippen LogP contribution >= 0.6 is 27.5 Å². The second kappa shape index (κ2) is 5.89. The largest absolute Gasteiger partial charge is 0.433 e. The first-order valence-corrected chi connectivity index (χ1v) is 8.38. The zero-order valence-corrected chi connectivity index (χ0v) is 14.6. The molecule has 8 heteroatoms. The highest BCUT2D eigenvalue weighted by Crippen LogP contribution is 2.43. The summed E-state index contributed by atoms with van der Waals surface area (Å²) < 4.78 is 32.9. The minimum absolute atomic E-state index is 0.109. The summed E-state index contributed by atoms with van der Waals surface area (Å²) >= 11 is 9.46. The van der Waals surface area contributed by atoms with Crippen molar-refractivity contribution in [1.82, 2.24) is 9.55 Å². The molecule has 1 aliphatic rings. The van der Waals surface area contributed by atoms with Gasteiger partial charge in [-0.25, -0.2) is 4.98 Å². The third kappa shape index (κ3) is 2.52. The van der Waals surface area contributed by atoms with Gasteiger partial charge in [-0.05, 0) is 46.3 Å². The monoisotopic (exact) mass is 413 g/mol. The maximum Gasteiger partial charge on any atom is 0.387 e. The molecular formula is C16H11BrClF2N3O. The van der Waals surface area contributed by atoms with Crippen LogP contribution in [-0.2, 0) is 6.54 Å². The minimum atomic E-state index is -2.89. The van der Waals surface area contributed by atoms with E-state index in [1.807, 2.05) is 21.6 Å². The van der Waals surface area contributed by atoms with Gasteiger partial charge in [0.05, 0.1) is 11.0 Å². The number of para-hydroxylation sites is 1. The van der Waals surface area contributed by atoms with Crippen molar-refractivity contribution in [1.29, 1.82) is 0 Å². The van der Waals surface area contributed by atoms with Crippen LogP contribution in [0.25, 0.3) is 11.0 Å². The topological polar surface area (TPSA) is 30.3 Å².